The second kappa shape index (κ2) is 15.9. The van der Waals surface area contributed by atoms with Crippen LogP contribution in [0.1, 0.15) is 52.2 Å². The summed E-state index contributed by atoms with van der Waals surface area (Å²) in [6.45, 7) is 5.73. The minimum atomic E-state index is -0.772. The van der Waals surface area contributed by atoms with E-state index >= 15 is 0 Å². The first-order chi connectivity index (χ1) is 17.3. The van der Waals surface area contributed by atoms with E-state index in [1.807, 2.05) is 32.9 Å². The Morgan fingerprint density at radius 3 is 2.42 bits per heavy atom. The first-order valence-corrected chi connectivity index (χ1v) is 13.5. The molecule has 1 aromatic carbocycles. The molecule has 2 atom stereocenters. The average Bonchev–Trinajstić information content (AvgIpc) is 3.38. The molecule has 1 aromatic heterocycles. The van der Waals surface area contributed by atoms with Gasteiger partial charge in [0.15, 0.2) is 23.9 Å². The number of Topliss-reactive ketones (excluding diaryl/α,β-unsaturated/α-hetero) is 1. The molecule has 0 saturated carbocycles. The van der Waals surface area contributed by atoms with Gasteiger partial charge in [-0.05, 0) is 43.0 Å². The first kappa shape index (κ1) is 29.3. The molecule has 1 heterocycles. The third kappa shape index (κ3) is 10.4. The number of hydrogen-bond acceptors (Lipinski definition) is 7. The Morgan fingerprint density at radius 2 is 1.78 bits per heavy atom. The lowest BCUT2D eigenvalue weighted by molar-refractivity contribution is -0.132. The Kier molecular flexibility index (Phi) is 13.0. The van der Waals surface area contributed by atoms with Crippen LogP contribution < -0.4 is 20.1 Å². The van der Waals surface area contributed by atoms with Crippen LogP contribution in [0.2, 0.25) is 0 Å². The zero-order valence-corrected chi connectivity index (χ0v) is 22.4. The van der Waals surface area contributed by atoms with Gasteiger partial charge in [0.1, 0.15) is 11.8 Å². The van der Waals surface area contributed by atoms with Crippen molar-refractivity contribution in [2.45, 2.75) is 64.3 Å². The van der Waals surface area contributed by atoms with Crippen molar-refractivity contribution < 1.29 is 28.3 Å². The average molecular weight is 519 g/mol. The molecule has 2 aromatic rings. The summed E-state index contributed by atoms with van der Waals surface area (Å²) in [6.07, 6.45) is 4.32. The van der Waals surface area contributed by atoms with E-state index in [0.29, 0.717) is 30.1 Å². The third-order valence-corrected chi connectivity index (χ3v) is 6.38. The number of unbranched alkanes of at least 4 members (excludes halogenated alkanes) is 1. The molecular weight excluding hydrogens is 480 g/mol. The standard InChI is InChI=1S/C27H38N2O6S/c1-5-6-11-21(23(30)18-36-17-20-10-9-14-34-20)29-27(32)22(15-19(2)3)28-26(31)16-35-25-13-8-7-12-24(25)33-4/h7-10,12-14,19,21-22H,5-6,11,15-18H2,1-4H3,(H,28,31)(H,29,32)/t21-,22-/m0/s1. The van der Waals surface area contributed by atoms with Crippen LogP contribution in [0, 0.1) is 5.92 Å². The molecule has 0 fully saturated rings. The molecule has 2 rings (SSSR count). The van der Waals surface area contributed by atoms with Crippen LogP contribution in [-0.4, -0.2) is 49.2 Å². The van der Waals surface area contributed by atoms with Crippen LogP contribution in [0.3, 0.4) is 0 Å². The molecule has 0 aliphatic carbocycles. The number of amides is 2. The van der Waals surface area contributed by atoms with Crippen LogP contribution in [0.15, 0.2) is 47.1 Å². The smallest absolute Gasteiger partial charge is 0.258 e. The second-order valence-electron chi connectivity index (χ2n) is 8.93. The molecule has 0 spiro atoms. The van der Waals surface area contributed by atoms with E-state index in [0.717, 1.165) is 18.6 Å². The Balaban J connectivity index is 1.96. The van der Waals surface area contributed by atoms with Crippen LogP contribution in [0.25, 0.3) is 0 Å². The van der Waals surface area contributed by atoms with E-state index in [4.69, 9.17) is 13.9 Å². The number of carbonyl (C=O) groups excluding carboxylic acids is 3. The summed E-state index contributed by atoms with van der Waals surface area (Å²) >= 11 is 1.45. The molecule has 2 amide bonds. The fraction of sp³-hybridized carbons (Fsp3) is 0.519. The van der Waals surface area contributed by atoms with Gasteiger partial charge in [0.05, 0.1) is 30.9 Å². The SMILES string of the molecule is CCCC[C@H](NC(=O)[C@H](CC(C)C)NC(=O)COc1ccccc1OC)C(=O)CSCc1ccco1. The maximum Gasteiger partial charge on any atom is 0.258 e. The topological polar surface area (TPSA) is 107 Å². The van der Waals surface area contributed by atoms with Crippen LogP contribution in [-0.2, 0) is 20.1 Å². The number of ketones is 1. The van der Waals surface area contributed by atoms with Gasteiger partial charge in [-0.15, -0.1) is 11.8 Å². The Hall–Kier alpha value is -2.94. The Morgan fingerprint density at radius 1 is 1.03 bits per heavy atom. The monoisotopic (exact) mass is 518 g/mol. The van der Waals surface area contributed by atoms with Gasteiger partial charge in [-0.1, -0.05) is 45.7 Å². The maximum absolute atomic E-state index is 13.2. The fourth-order valence-electron chi connectivity index (χ4n) is 3.56. The van der Waals surface area contributed by atoms with Gasteiger partial charge in [0, 0.05) is 0 Å². The number of nitrogens with one attached hydrogen (secondary N) is 2. The summed E-state index contributed by atoms with van der Waals surface area (Å²) in [5.41, 5.74) is 0. The normalized spacial score (nSPS) is 12.6. The zero-order chi connectivity index (χ0) is 26.3. The van der Waals surface area contributed by atoms with Crippen molar-refractivity contribution in [3.05, 3.63) is 48.4 Å². The molecule has 0 bridgehead atoms. The largest absolute Gasteiger partial charge is 0.493 e. The number of furan rings is 1. The van der Waals surface area contributed by atoms with Crippen LogP contribution in [0.5, 0.6) is 11.5 Å². The van der Waals surface area contributed by atoms with E-state index in [1.165, 1.54) is 18.9 Å². The van der Waals surface area contributed by atoms with Gasteiger partial charge in [0.25, 0.3) is 5.91 Å². The molecule has 36 heavy (non-hydrogen) atoms. The summed E-state index contributed by atoms with van der Waals surface area (Å²) in [6, 6.07) is 9.34. The van der Waals surface area contributed by atoms with Gasteiger partial charge >= 0.3 is 0 Å². The number of benzene rings is 1. The number of ether oxygens (including phenoxy) is 2. The van der Waals surface area contributed by atoms with Gasteiger partial charge in [-0.25, -0.2) is 0 Å². The van der Waals surface area contributed by atoms with E-state index < -0.39 is 18.0 Å². The predicted octanol–water partition coefficient (Wildman–Crippen LogP) is 4.38. The highest BCUT2D eigenvalue weighted by atomic mass is 32.2. The highest BCUT2D eigenvalue weighted by Gasteiger charge is 2.27. The van der Waals surface area contributed by atoms with Crippen molar-refractivity contribution in [2.24, 2.45) is 5.92 Å². The second-order valence-corrected chi connectivity index (χ2v) is 9.92. The van der Waals surface area contributed by atoms with Crippen molar-refractivity contribution >= 4 is 29.4 Å². The number of hydrogen-bond donors (Lipinski definition) is 2. The van der Waals surface area contributed by atoms with Crippen molar-refractivity contribution in [1.82, 2.24) is 10.6 Å². The maximum atomic E-state index is 13.2. The molecule has 8 nitrogen and oxygen atoms in total. The molecule has 0 radical (unpaired) electrons. The molecule has 9 heteroatoms. The Bertz CT molecular complexity index is 948. The molecule has 0 saturated heterocycles. The summed E-state index contributed by atoms with van der Waals surface area (Å²) in [5.74, 6) is 1.95. The lowest BCUT2D eigenvalue weighted by Gasteiger charge is -2.24. The number of para-hydroxylation sites is 2. The van der Waals surface area contributed by atoms with Crippen LogP contribution >= 0.6 is 11.8 Å². The van der Waals surface area contributed by atoms with E-state index in [-0.39, 0.29) is 30.0 Å². The molecule has 0 unspecified atom stereocenters. The molecule has 2 N–H and O–H groups in total. The number of carbonyl (C=O) groups is 3. The quantitative estimate of drug-likeness (QED) is 0.320. The minimum absolute atomic E-state index is 0.0394. The van der Waals surface area contributed by atoms with E-state index in [9.17, 15) is 14.4 Å². The summed E-state index contributed by atoms with van der Waals surface area (Å²) in [7, 11) is 1.52. The summed E-state index contributed by atoms with van der Waals surface area (Å²) in [4.78, 5) is 38.7. The molecule has 0 aliphatic heterocycles. The number of rotatable bonds is 17. The van der Waals surface area contributed by atoms with Crippen LogP contribution in [0.4, 0.5) is 0 Å². The minimum Gasteiger partial charge on any atom is -0.493 e. The lowest BCUT2D eigenvalue weighted by atomic mass is 10.0. The molecule has 0 aliphatic rings. The Labute approximate surface area is 217 Å². The predicted molar refractivity (Wildman–Crippen MR) is 141 cm³/mol. The molecular formula is C27H38N2O6S. The lowest BCUT2D eigenvalue weighted by Crippen LogP contribution is -2.53. The van der Waals surface area contributed by atoms with Crippen molar-refractivity contribution in [3.63, 3.8) is 0 Å². The van der Waals surface area contributed by atoms with Gasteiger partial charge in [-0.2, -0.15) is 0 Å². The van der Waals surface area contributed by atoms with Crippen molar-refractivity contribution in [2.75, 3.05) is 19.5 Å². The number of methoxy groups -OCH3 is 1. The highest BCUT2D eigenvalue weighted by Crippen LogP contribution is 2.25. The van der Waals surface area contributed by atoms with Crippen molar-refractivity contribution in [1.29, 1.82) is 0 Å². The van der Waals surface area contributed by atoms with E-state index in [2.05, 4.69) is 10.6 Å². The summed E-state index contributed by atoms with van der Waals surface area (Å²) < 4.78 is 16.1. The summed E-state index contributed by atoms with van der Waals surface area (Å²) in [5, 5.41) is 5.67. The van der Waals surface area contributed by atoms with Gasteiger partial charge in [-0.3, -0.25) is 14.4 Å². The molecule has 198 valence electrons. The first-order valence-electron chi connectivity index (χ1n) is 12.3. The van der Waals surface area contributed by atoms with Gasteiger partial charge in [0.2, 0.25) is 5.91 Å². The van der Waals surface area contributed by atoms with E-state index in [1.54, 1.807) is 30.5 Å². The van der Waals surface area contributed by atoms with Gasteiger partial charge < -0.3 is 24.5 Å². The highest BCUT2D eigenvalue weighted by molar-refractivity contribution is 7.99. The zero-order valence-electron chi connectivity index (χ0n) is 21.6. The number of thioether (sulfide) groups is 1. The van der Waals surface area contributed by atoms with Crippen molar-refractivity contribution in [3.8, 4) is 11.5 Å². The third-order valence-electron chi connectivity index (χ3n) is 5.41. The fourth-order valence-corrected chi connectivity index (χ4v) is 4.43.